The Labute approximate surface area is 147 Å². The lowest BCUT2D eigenvalue weighted by Gasteiger charge is -2.11. The molecule has 0 heterocycles. The number of hydrogen-bond acceptors (Lipinski definition) is 4. The van der Waals surface area contributed by atoms with Crippen LogP contribution in [0.15, 0.2) is 48.5 Å². The molecule has 0 unspecified atom stereocenters. The molecule has 2 aromatic rings. The van der Waals surface area contributed by atoms with Crippen LogP contribution in [0.1, 0.15) is 12.5 Å². The van der Waals surface area contributed by atoms with Gasteiger partial charge in [-0.15, -0.1) is 0 Å². The van der Waals surface area contributed by atoms with Crippen LogP contribution in [0, 0.1) is 0 Å². The van der Waals surface area contributed by atoms with Gasteiger partial charge in [-0.2, -0.15) is 0 Å². The predicted octanol–water partition coefficient (Wildman–Crippen LogP) is 3.15. The third-order valence-electron chi connectivity index (χ3n) is 3.18. The van der Waals surface area contributed by atoms with Gasteiger partial charge in [0.25, 0.3) is 0 Å². The average Bonchev–Trinajstić information content (AvgIpc) is 2.56. The van der Waals surface area contributed by atoms with Crippen molar-refractivity contribution in [3.05, 3.63) is 54.1 Å². The molecule has 0 fully saturated rings. The summed E-state index contributed by atoms with van der Waals surface area (Å²) in [5.74, 6) is 1.32. The highest BCUT2D eigenvalue weighted by Gasteiger charge is 2.07. The zero-order valence-electron chi connectivity index (χ0n) is 13.7. The van der Waals surface area contributed by atoms with E-state index in [1.807, 2.05) is 55.5 Å². The lowest BCUT2D eigenvalue weighted by molar-refractivity contribution is -0.119. The summed E-state index contributed by atoms with van der Waals surface area (Å²) in [6.07, 6.45) is 0.241. The fraction of sp³-hybridized carbons (Fsp3) is 0.222. The van der Waals surface area contributed by atoms with E-state index in [0.29, 0.717) is 6.61 Å². The molecule has 0 aliphatic heterocycles. The summed E-state index contributed by atoms with van der Waals surface area (Å²) in [6.45, 7) is 2.51. The highest BCUT2D eigenvalue weighted by Crippen LogP contribution is 2.17. The van der Waals surface area contributed by atoms with E-state index in [2.05, 4.69) is 10.6 Å². The van der Waals surface area contributed by atoms with Gasteiger partial charge in [0.15, 0.2) is 5.11 Å². The van der Waals surface area contributed by atoms with E-state index in [1.54, 1.807) is 7.11 Å². The molecule has 2 aromatic carbocycles. The van der Waals surface area contributed by atoms with E-state index < -0.39 is 0 Å². The number of amides is 1. The first-order valence-electron chi connectivity index (χ1n) is 7.57. The quantitative estimate of drug-likeness (QED) is 0.789. The summed E-state index contributed by atoms with van der Waals surface area (Å²) in [4.78, 5) is 12.0. The summed E-state index contributed by atoms with van der Waals surface area (Å²) >= 11 is 5.17. The zero-order chi connectivity index (χ0) is 17.4. The third-order valence-corrected chi connectivity index (χ3v) is 3.38. The van der Waals surface area contributed by atoms with Crippen molar-refractivity contribution in [2.75, 3.05) is 19.0 Å². The normalized spacial score (nSPS) is 9.92. The number of thiocarbonyl (C=S) groups is 1. The van der Waals surface area contributed by atoms with Crippen molar-refractivity contribution in [2.45, 2.75) is 13.3 Å². The fourth-order valence-electron chi connectivity index (χ4n) is 2.09. The molecular weight excluding hydrogens is 324 g/mol. The number of nitrogens with one attached hydrogen (secondary N) is 2. The number of methoxy groups -OCH3 is 1. The zero-order valence-corrected chi connectivity index (χ0v) is 14.5. The molecule has 0 aliphatic carbocycles. The maximum absolute atomic E-state index is 12.0. The predicted molar refractivity (Wildman–Crippen MR) is 98.7 cm³/mol. The first kappa shape index (κ1) is 17.7. The molecule has 24 heavy (non-hydrogen) atoms. The second kappa shape index (κ2) is 8.88. The van der Waals surface area contributed by atoms with Crippen LogP contribution in [0.5, 0.6) is 11.5 Å². The van der Waals surface area contributed by atoms with E-state index in [-0.39, 0.29) is 17.4 Å². The van der Waals surface area contributed by atoms with Crippen LogP contribution in [0.2, 0.25) is 0 Å². The van der Waals surface area contributed by atoms with E-state index in [1.165, 1.54) is 0 Å². The third kappa shape index (κ3) is 5.55. The van der Waals surface area contributed by atoms with Gasteiger partial charge in [0.2, 0.25) is 5.91 Å². The Morgan fingerprint density at radius 3 is 2.54 bits per heavy atom. The van der Waals surface area contributed by atoms with Gasteiger partial charge in [-0.05, 0) is 49.0 Å². The van der Waals surface area contributed by atoms with Gasteiger partial charge in [0.05, 0.1) is 20.1 Å². The Balaban J connectivity index is 1.86. The van der Waals surface area contributed by atoms with Crippen molar-refractivity contribution in [1.82, 2.24) is 5.32 Å². The largest absolute Gasteiger partial charge is 0.497 e. The maximum atomic E-state index is 12.0. The number of ether oxygens (including phenoxy) is 2. The molecule has 126 valence electrons. The van der Waals surface area contributed by atoms with Gasteiger partial charge in [-0.1, -0.05) is 18.2 Å². The standard InChI is InChI=1S/C18H20N2O3S/c1-3-23-16-6-4-5-14(12-16)19-18(24)20-17(21)11-13-7-9-15(22-2)10-8-13/h4-10,12H,3,11H2,1-2H3,(H2,19,20,21,24). The molecule has 1 amide bonds. The second-order valence-corrected chi connectivity index (χ2v) is 5.40. The van der Waals surface area contributed by atoms with Crippen LogP contribution in [-0.2, 0) is 11.2 Å². The van der Waals surface area contributed by atoms with Crippen LogP contribution in [0.3, 0.4) is 0 Å². The van der Waals surface area contributed by atoms with Crippen molar-refractivity contribution < 1.29 is 14.3 Å². The van der Waals surface area contributed by atoms with E-state index in [0.717, 1.165) is 22.7 Å². The molecule has 0 saturated heterocycles. The first-order valence-corrected chi connectivity index (χ1v) is 7.98. The molecule has 5 nitrogen and oxygen atoms in total. The molecule has 6 heteroatoms. The van der Waals surface area contributed by atoms with Crippen molar-refractivity contribution in [3.63, 3.8) is 0 Å². The Morgan fingerprint density at radius 2 is 1.88 bits per heavy atom. The summed E-state index contributed by atoms with van der Waals surface area (Å²) in [5, 5.41) is 5.89. The molecule has 0 aromatic heterocycles. The Bertz CT molecular complexity index is 702. The van der Waals surface area contributed by atoms with E-state index in [9.17, 15) is 4.79 Å². The number of carbonyl (C=O) groups is 1. The van der Waals surface area contributed by atoms with Gasteiger partial charge in [-0.3, -0.25) is 4.79 Å². The van der Waals surface area contributed by atoms with Crippen LogP contribution >= 0.6 is 12.2 Å². The number of benzene rings is 2. The minimum absolute atomic E-state index is 0.182. The molecule has 2 N–H and O–H groups in total. The van der Waals surface area contributed by atoms with Crippen molar-refractivity contribution >= 4 is 28.9 Å². The smallest absolute Gasteiger partial charge is 0.230 e. The van der Waals surface area contributed by atoms with Crippen molar-refractivity contribution in [2.24, 2.45) is 0 Å². The lowest BCUT2D eigenvalue weighted by atomic mass is 10.1. The van der Waals surface area contributed by atoms with Gasteiger partial charge < -0.3 is 20.1 Å². The van der Waals surface area contributed by atoms with Crippen LogP contribution < -0.4 is 20.1 Å². The van der Waals surface area contributed by atoms with E-state index >= 15 is 0 Å². The molecule has 2 rings (SSSR count). The second-order valence-electron chi connectivity index (χ2n) is 4.99. The number of anilines is 1. The number of rotatable bonds is 6. The highest BCUT2D eigenvalue weighted by molar-refractivity contribution is 7.80. The number of carbonyl (C=O) groups excluding carboxylic acids is 1. The minimum atomic E-state index is -0.182. The lowest BCUT2D eigenvalue weighted by Crippen LogP contribution is -2.35. The Hall–Kier alpha value is -2.60. The van der Waals surface area contributed by atoms with E-state index in [4.69, 9.17) is 21.7 Å². The van der Waals surface area contributed by atoms with Gasteiger partial charge in [0, 0.05) is 11.8 Å². The molecule has 0 radical (unpaired) electrons. The topological polar surface area (TPSA) is 59.6 Å². The Kier molecular flexibility index (Phi) is 6.57. The molecular formula is C18H20N2O3S. The summed E-state index contributed by atoms with van der Waals surface area (Å²) < 4.78 is 10.5. The van der Waals surface area contributed by atoms with Crippen molar-refractivity contribution in [3.8, 4) is 11.5 Å². The van der Waals surface area contributed by atoms with Crippen LogP contribution in [0.25, 0.3) is 0 Å². The summed E-state index contributed by atoms with van der Waals surface area (Å²) in [7, 11) is 1.60. The summed E-state index contributed by atoms with van der Waals surface area (Å²) in [6, 6.07) is 14.7. The first-order chi connectivity index (χ1) is 11.6. The summed E-state index contributed by atoms with van der Waals surface area (Å²) in [5.41, 5.74) is 1.64. The Morgan fingerprint density at radius 1 is 1.12 bits per heavy atom. The molecule has 0 saturated carbocycles. The minimum Gasteiger partial charge on any atom is -0.497 e. The maximum Gasteiger partial charge on any atom is 0.230 e. The molecule has 0 bridgehead atoms. The van der Waals surface area contributed by atoms with Gasteiger partial charge in [0.1, 0.15) is 11.5 Å². The number of hydrogen-bond donors (Lipinski definition) is 2. The molecule has 0 aliphatic rings. The van der Waals surface area contributed by atoms with Crippen LogP contribution in [-0.4, -0.2) is 24.7 Å². The molecule has 0 spiro atoms. The average molecular weight is 344 g/mol. The van der Waals surface area contributed by atoms with Gasteiger partial charge in [-0.25, -0.2) is 0 Å². The monoisotopic (exact) mass is 344 g/mol. The van der Waals surface area contributed by atoms with Gasteiger partial charge >= 0.3 is 0 Å². The molecule has 0 atom stereocenters. The van der Waals surface area contributed by atoms with Crippen molar-refractivity contribution in [1.29, 1.82) is 0 Å². The highest BCUT2D eigenvalue weighted by atomic mass is 32.1. The van der Waals surface area contributed by atoms with Crippen LogP contribution in [0.4, 0.5) is 5.69 Å². The SMILES string of the molecule is CCOc1cccc(NC(=S)NC(=O)Cc2ccc(OC)cc2)c1. The fourth-order valence-corrected chi connectivity index (χ4v) is 2.32.